The third kappa shape index (κ3) is 3.46. The second-order valence-electron chi connectivity index (χ2n) is 4.39. The van der Waals surface area contributed by atoms with Crippen LogP contribution in [0.25, 0.3) is 0 Å². The van der Waals surface area contributed by atoms with Crippen LogP contribution in [0.3, 0.4) is 0 Å². The lowest BCUT2D eigenvalue weighted by Crippen LogP contribution is -2.29. The van der Waals surface area contributed by atoms with E-state index in [9.17, 15) is 0 Å². The quantitative estimate of drug-likeness (QED) is 0.620. The van der Waals surface area contributed by atoms with Gasteiger partial charge < -0.3 is 4.74 Å². The Morgan fingerprint density at radius 3 is 2.37 bits per heavy atom. The molecule has 100 valence electrons. The van der Waals surface area contributed by atoms with E-state index in [0.29, 0.717) is 5.75 Å². The highest BCUT2D eigenvalue weighted by molar-refractivity contribution is 5.32. The number of hydrogen-bond donors (Lipinski definition) is 2. The second kappa shape index (κ2) is 6.21. The van der Waals surface area contributed by atoms with E-state index in [0.717, 1.165) is 11.1 Å². The van der Waals surface area contributed by atoms with E-state index < -0.39 is 0 Å². The topological polar surface area (TPSA) is 86.0 Å². The van der Waals surface area contributed by atoms with Gasteiger partial charge in [-0.3, -0.25) is 10.8 Å². The SMILES string of the molecule is CC(C)Oc1cncc(C(NN)c2cncnc2)c1. The van der Waals surface area contributed by atoms with Crippen LogP contribution in [-0.2, 0) is 0 Å². The van der Waals surface area contributed by atoms with Crippen LogP contribution in [0.2, 0.25) is 0 Å². The molecule has 2 rings (SSSR count). The summed E-state index contributed by atoms with van der Waals surface area (Å²) in [6.45, 7) is 3.94. The van der Waals surface area contributed by atoms with Crippen molar-refractivity contribution in [2.24, 2.45) is 5.84 Å². The summed E-state index contributed by atoms with van der Waals surface area (Å²) in [6, 6.07) is 1.69. The molecule has 0 saturated heterocycles. The zero-order valence-corrected chi connectivity index (χ0v) is 10.9. The highest BCUT2D eigenvalue weighted by Crippen LogP contribution is 2.23. The number of nitrogens with one attached hydrogen (secondary N) is 1. The molecule has 6 nitrogen and oxygen atoms in total. The zero-order valence-electron chi connectivity index (χ0n) is 10.9. The van der Waals surface area contributed by atoms with Crippen LogP contribution in [0.15, 0.2) is 37.2 Å². The van der Waals surface area contributed by atoms with Gasteiger partial charge in [0.05, 0.1) is 18.3 Å². The number of nitrogens with zero attached hydrogens (tertiary/aromatic N) is 3. The highest BCUT2D eigenvalue weighted by atomic mass is 16.5. The van der Waals surface area contributed by atoms with Crippen molar-refractivity contribution in [3.63, 3.8) is 0 Å². The van der Waals surface area contributed by atoms with Crippen molar-refractivity contribution in [1.29, 1.82) is 0 Å². The number of hydrogen-bond acceptors (Lipinski definition) is 6. The average Bonchev–Trinajstić information content (AvgIpc) is 2.40. The number of nitrogens with two attached hydrogens (primary N) is 1. The van der Waals surface area contributed by atoms with E-state index in [4.69, 9.17) is 10.6 Å². The lowest BCUT2D eigenvalue weighted by atomic mass is 10.0. The first-order valence-electron chi connectivity index (χ1n) is 6.03. The average molecular weight is 259 g/mol. The molecule has 0 amide bonds. The van der Waals surface area contributed by atoms with Crippen molar-refractivity contribution in [2.75, 3.05) is 0 Å². The lowest BCUT2D eigenvalue weighted by Gasteiger charge is -2.17. The maximum absolute atomic E-state index is 5.62. The molecule has 1 unspecified atom stereocenters. The smallest absolute Gasteiger partial charge is 0.138 e. The lowest BCUT2D eigenvalue weighted by molar-refractivity contribution is 0.241. The Kier molecular flexibility index (Phi) is 4.38. The van der Waals surface area contributed by atoms with Crippen molar-refractivity contribution < 1.29 is 4.74 Å². The van der Waals surface area contributed by atoms with E-state index in [1.165, 1.54) is 6.33 Å². The summed E-state index contributed by atoms with van der Waals surface area (Å²) in [5.74, 6) is 6.33. The van der Waals surface area contributed by atoms with Crippen molar-refractivity contribution in [2.45, 2.75) is 26.0 Å². The van der Waals surface area contributed by atoms with E-state index in [1.807, 2.05) is 19.9 Å². The minimum atomic E-state index is -0.218. The molecule has 0 radical (unpaired) electrons. The molecule has 2 aromatic rings. The van der Waals surface area contributed by atoms with Gasteiger partial charge in [-0.2, -0.15) is 0 Å². The monoisotopic (exact) mass is 259 g/mol. The molecule has 0 aliphatic heterocycles. The number of rotatable bonds is 5. The van der Waals surface area contributed by atoms with Gasteiger partial charge in [-0.1, -0.05) is 0 Å². The van der Waals surface area contributed by atoms with Crippen molar-refractivity contribution in [1.82, 2.24) is 20.4 Å². The number of ether oxygens (including phenoxy) is 1. The summed E-state index contributed by atoms with van der Waals surface area (Å²) < 4.78 is 5.62. The van der Waals surface area contributed by atoms with Gasteiger partial charge in [-0.25, -0.2) is 15.4 Å². The molecule has 1 atom stereocenters. The maximum Gasteiger partial charge on any atom is 0.138 e. The van der Waals surface area contributed by atoms with Crippen LogP contribution in [0, 0.1) is 0 Å². The summed E-state index contributed by atoms with van der Waals surface area (Å²) in [4.78, 5) is 12.2. The Hall–Kier alpha value is -2.05. The van der Waals surface area contributed by atoms with Crippen LogP contribution in [-0.4, -0.2) is 21.1 Å². The molecule has 2 heterocycles. The number of aromatic nitrogens is 3. The Morgan fingerprint density at radius 2 is 1.74 bits per heavy atom. The van der Waals surface area contributed by atoms with Crippen LogP contribution >= 0.6 is 0 Å². The predicted octanol–water partition coefficient (Wildman–Crippen LogP) is 1.21. The summed E-state index contributed by atoms with van der Waals surface area (Å²) >= 11 is 0. The van der Waals surface area contributed by atoms with Crippen molar-refractivity contribution >= 4 is 0 Å². The first kappa shape index (κ1) is 13.4. The summed E-state index contributed by atoms with van der Waals surface area (Å²) in [5, 5.41) is 0. The van der Waals surface area contributed by atoms with E-state index >= 15 is 0 Å². The van der Waals surface area contributed by atoms with E-state index in [-0.39, 0.29) is 12.1 Å². The molecular formula is C13H17N5O. The molecule has 0 spiro atoms. The molecule has 0 fully saturated rings. The molecule has 0 saturated carbocycles. The normalized spacial score (nSPS) is 12.4. The van der Waals surface area contributed by atoms with Gasteiger partial charge >= 0.3 is 0 Å². The molecule has 0 aromatic carbocycles. The van der Waals surface area contributed by atoms with Gasteiger partial charge in [0.2, 0.25) is 0 Å². The standard InChI is InChI=1S/C13H17N5O/c1-9(2)19-12-3-10(4-15-7-12)13(18-14)11-5-16-8-17-6-11/h3-9,13,18H,14H2,1-2H3. The maximum atomic E-state index is 5.62. The first-order chi connectivity index (χ1) is 9.20. The third-order valence-electron chi connectivity index (χ3n) is 2.52. The fourth-order valence-corrected chi connectivity index (χ4v) is 1.77. The van der Waals surface area contributed by atoms with Crippen LogP contribution < -0.4 is 16.0 Å². The van der Waals surface area contributed by atoms with Crippen molar-refractivity contribution in [3.05, 3.63) is 48.3 Å². The number of hydrazine groups is 1. The predicted molar refractivity (Wildman–Crippen MR) is 71.2 cm³/mol. The van der Waals surface area contributed by atoms with Crippen LogP contribution in [0.5, 0.6) is 5.75 Å². The molecule has 3 N–H and O–H groups in total. The second-order valence-corrected chi connectivity index (χ2v) is 4.39. The van der Waals surface area contributed by atoms with Gasteiger partial charge in [0.1, 0.15) is 12.1 Å². The molecular weight excluding hydrogens is 242 g/mol. The zero-order chi connectivity index (χ0) is 13.7. The first-order valence-corrected chi connectivity index (χ1v) is 6.03. The van der Waals surface area contributed by atoms with Gasteiger partial charge in [-0.15, -0.1) is 0 Å². The van der Waals surface area contributed by atoms with Gasteiger partial charge in [-0.05, 0) is 25.5 Å². The largest absolute Gasteiger partial charge is 0.489 e. The van der Waals surface area contributed by atoms with Crippen LogP contribution in [0.4, 0.5) is 0 Å². The molecule has 19 heavy (non-hydrogen) atoms. The minimum Gasteiger partial charge on any atom is -0.489 e. The van der Waals surface area contributed by atoms with E-state index in [2.05, 4.69) is 20.4 Å². The molecule has 0 bridgehead atoms. The number of pyridine rings is 1. The van der Waals surface area contributed by atoms with Crippen LogP contribution in [0.1, 0.15) is 31.0 Å². The van der Waals surface area contributed by atoms with Gasteiger partial charge in [0.15, 0.2) is 0 Å². The Balaban J connectivity index is 2.28. The Bertz CT molecular complexity index is 517. The molecule has 0 aliphatic rings. The minimum absolute atomic E-state index is 0.0985. The summed E-state index contributed by atoms with van der Waals surface area (Å²) in [6.07, 6.45) is 8.43. The Labute approximate surface area is 112 Å². The van der Waals surface area contributed by atoms with Crippen molar-refractivity contribution in [3.8, 4) is 5.75 Å². The van der Waals surface area contributed by atoms with E-state index in [1.54, 1.807) is 24.8 Å². The molecule has 6 heteroatoms. The molecule has 2 aromatic heterocycles. The van der Waals surface area contributed by atoms with Gasteiger partial charge in [0, 0.05) is 24.2 Å². The molecule has 0 aliphatic carbocycles. The fraction of sp³-hybridized carbons (Fsp3) is 0.308. The Morgan fingerprint density at radius 1 is 1.05 bits per heavy atom. The fourth-order valence-electron chi connectivity index (χ4n) is 1.77. The van der Waals surface area contributed by atoms with Gasteiger partial charge in [0.25, 0.3) is 0 Å². The summed E-state index contributed by atoms with van der Waals surface area (Å²) in [7, 11) is 0. The third-order valence-corrected chi connectivity index (χ3v) is 2.52. The highest BCUT2D eigenvalue weighted by Gasteiger charge is 2.14. The summed E-state index contributed by atoms with van der Waals surface area (Å²) in [5.41, 5.74) is 4.51.